The van der Waals surface area contributed by atoms with Crippen LogP contribution in [0.4, 0.5) is 0 Å². The van der Waals surface area contributed by atoms with E-state index in [9.17, 15) is 14.5 Å². The fraction of sp³-hybridized carbons (Fsp3) is 0.921. The van der Waals surface area contributed by atoms with Crippen molar-refractivity contribution in [1.29, 1.82) is 0 Å². The van der Waals surface area contributed by atoms with E-state index in [1.165, 1.54) is 148 Å². The molecule has 8 heteroatoms. The third-order valence-corrected chi connectivity index (χ3v) is 9.48. The zero-order valence-corrected chi connectivity index (χ0v) is 31.1. The van der Waals surface area contributed by atoms with E-state index < -0.39 is 26.6 Å². The van der Waals surface area contributed by atoms with Gasteiger partial charge in [-0.15, -0.1) is 0 Å². The largest absolute Gasteiger partial charge is 0.469 e. The van der Waals surface area contributed by atoms with Crippen LogP contribution in [-0.2, 0) is 13.9 Å². The van der Waals surface area contributed by atoms with Crippen molar-refractivity contribution in [1.82, 2.24) is 5.32 Å². The summed E-state index contributed by atoms with van der Waals surface area (Å²) in [5, 5.41) is 13.3. The molecule has 0 aliphatic heterocycles. The van der Waals surface area contributed by atoms with Crippen molar-refractivity contribution in [2.45, 2.75) is 219 Å². The smallest absolute Gasteiger partial charge is 0.387 e. The van der Waals surface area contributed by atoms with Gasteiger partial charge in [-0.25, -0.2) is 4.57 Å². The lowest BCUT2D eigenvalue weighted by molar-refractivity contribution is -0.123. The Morgan fingerprint density at radius 1 is 0.609 bits per heavy atom. The molecule has 0 saturated carbocycles. The fourth-order valence-corrected chi connectivity index (χ4v) is 6.34. The number of carbonyl (C=O) groups is 1. The molecule has 0 aromatic carbocycles. The molecule has 0 rings (SSSR count). The SMILES string of the molecule is CCCCCCCCCCC/C=C/[C@@H](O)[C@H](COP(=O)(O)O)NC(=O)CCCCCCCCCCCCCCCCCCCCC. The van der Waals surface area contributed by atoms with Gasteiger partial charge in [0, 0.05) is 6.42 Å². The van der Waals surface area contributed by atoms with E-state index in [4.69, 9.17) is 9.79 Å². The van der Waals surface area contributed by atoms with Crippen molar-refractivity contribution in [3.8, 4) is 0 Å². The molecule has 0 bridgehead atoms. The Bertz CT molecular complexity index is 728. The summed E-state index contributed by atoms with van der Waals surface area (Å²) in [6.45, 7) is 4.06. The molecule has 0 unspecified atom stereocenters. The highest BCUT2D eigenvalue weighted by atomic mass is 31.2. The lowest BCUT2D eigenvalue weighted by Crippen LogP contribution is -2.45. The number of aliphatic hydroxyl groups excluding tert-OH is 1. The van der Waals surface area contributed by atoms with Crippen LogP contribution in [0.3, 0.4) is 0 Å². The number of rotatable bonds is 36. The molecule has 0 fully saturated rings. The van der Waals surface area contributed by atoms with Crippen LogP contribution in [0.5, 0.6) is 0 Å². The fourth-order valence-electron chi connectivity index (χ4n) is 5.99. The summed E-state index contributed by atoms with van der Waals surface area (Å²) in [4.78, 5) is 30.8. The summed E-state index contributed by atoms with van der Waals surface area (Å²) >= 11 is 0. The van der Waals surface area contributed by atoms with Crippen LogP contribution in [0, 0.1) is 0 Å². The van der Waals surface area contributed by atoms with Crippen LogP contribution in [-0.4, -0.2) is 39.6 Å². The number of allylic oxidation sites excluding steroid dienone is 1. The Hall–Kier alpha value is -0.720. The Morgan fingerprint density at radius 2 is 0.957 bits per heavy atom. The lowest BCUT2D eigenvalue weighted by Gasteiger charge is -2.22. The van der Waals surface area contributed by atoms with Crippen molar-refractivity contribution >= 4 is 13.7 Å². The number of amides is 1. The molecule has 7 nitrogen and oxygen atoms in total. The second kappa shape index (κ2) is 34.2. The van der Waals surface area contributed by atoms with Gasteiger partial charge in [-0.1, -0.05) is 193 Å². The Kier molecular flexibility index (Phi) is 33.6. The van der Waals surface area contributed by atoms with Gasteiger partial charge in [0.05, 0.1) is 18.8 Å². The number of nitrogens with one attached hydrogen (secondary N) is 1. The molecule has 0 radical (unpaired) electrons. The lowest BCUT2D eigenvalue weighted by atomic mass is 10.0. The molecule has 2 atom stereocenters. The first kappa shape index (κ1) is 45.3. The molecule has 0 saturated heterocycles. The second-order valence-corrected chi connectivity index (χ2v) is 14.8. The topological polar surface area (TPSA) is 116 Å². The number of phosphoric acid groups is 1. The van der Waals surface area contributed by atoms with Gasteiger partial charge >= 0.3 is 7.82 Å². The Balaban J connectivity index is 3.91. The molecular weight excluding hydrogens is 597 g/mol. The van der Waals surface area contributed by atoms with Crippen molar-refractivity contribution in [2.75, 3.05) is 6.61 Å². The van der Waals surface area contributed by atoms with Gasteiger partial charge in [-0.05, 0) is 19.3 Å². The van der Waals surface area contributed by atoms with E-state index in [0.717, 1.165) is 38.5 Å². The minimum atomic E-state index is -4.70. The highest BCUT2D eigenvalue weighted by molar-refractivity contribution is 7.46. The van der Waals surface area contributed by atoms with Gasteiger partial charge in [-0.2, -0.15) is 0 Å². The van der Waals surface area contributed by atoms with E-state index in [0.29, 0.717) is 6.42 Å². The molecular formula is C38H76NO6P. The minimum absolute atomic E-state index is 0.224. The van der Waals surface area contributed by atoms with Crippen LogP contribution in [0.25, 0.3) is 0 Å². The first-order chi connectivity index (χ1) is 22.3. The Morgan fingerprint density at radius 3 is 1.33 bits per heavy atom. The number of hydrogen-bond acceptors (Lipinski definition) is 4. The normalized spacial score (nSPS) is 13.4. The van der Waals surface area contributed by atoms with Gasteiger partial charge in [0.25, 0.3) is 0 Å². The maximum atomic E-state index is 12.5. The van der Waals surface area contributed by atoms with E-state index in [1.807, 2.05) is 6.08 Å². The molecule has 0 aliphatic carbocycles. The maximum Gasteiger partial charge on any atom is 0.469 e. The van der Waals surface area contributed by atoms with E-state index >= 15 is 0 Å². The van der Waals surface area contributed by atoms with Gasteiger partial charge in [-0.3, -0.25) is 9.32 Å². The number of hydrogen-bond donors (Lipinski definition) is 4. The molecule has 0 aromatic heterocycles. The monoisotopic (exact) mass is 674 g/mol. The van der Waals surface area contributed by atoms with Gasteiger partial charge in [0.2, 0.25) is 5.91 Å². The third kappa shape index (κ3) is 34.6. The number of aliphatic hydroxyl groups is 1. The third-order valence-electron chi connectivity index (χ3n) is 9.00. The molecule has 46 heavy (non-hydrogen) atoms. The van der Waals surface area contributed by atoms with Crippen molar-refractivity contribution in [3.05, 3.63) is 12.2 Å². The Labute approximate surface area is 284 Å². The van der Waals surface area contributed by atoms with Gasteiger partial charge in [0.15, 0.2) is 0 Å². The number of carbonyl (C=O) groups excluding carboxylic acids is 1. The second-order valence-electron chi connectivity index (χ2n) is 13.6. The number of phosphoric ester groups is 1. The molecule has 4 N–H and O–H groups in total. The van der Waals surface area contributed by atoms with Crippen molar-refractivity contribution in [2.24, 2.45) is 0 Å². The van der Waals surface area contributed by atoms with E-state index in [1.54, 1.807) is 6.08 Å². The molecule has 0 heterocycles. The predicted molar refractivity (Wildman–Crippen MR) is 195 cm³/mol. The zero-order chi connectivity index (χ0) is 34.0. The first-order valence-electron chi connectivity index (χ1n) is 19.6. The minimum Gasteiger partial charge on any atom is -0.387 e. The van der Waals surface area contributed by atoms with E-state index in [-0.39, 0.29) is 5.91 Å². The number of unbranched alkanes of at least 4 members (excludes halogenated alkanes) is 27. The first-order valence-corrected chi connectivity index (χ1v) is 21.2. The van der Waals surface area contributed by atoms with Gasteiger partial charge in [0.1, 0.15) is 0 Å². The van der Waals surface area contributed by atoms with E-state index in [2.05, 4.69) is 23.7 Å². The quantitative estimate of drug-likeness (QED) is 0.0299. The zero-order valence-electron chi connectivity index (χ0n) is 30.2. The van der Waals surface area contributed by atoms with Crippen molar-refractivity contribution in [3.63, 3.8) is 0 Å². The predicted octanol–water partition coefficient (Wildman–Crippen LogP) is 11.2. The summed E-state index contributed by atoms with van der Waals surface area (Å²) in [5.41, 5.74) is 0. The van der Waals surface area contributed by atoms with Crippen LogP contribution < -0.4 is 5.32 Å². The molecule has 1 amide bonds. The average Bonchev–Trinajstić information content (AvgIpc) is 3.02. The highest BCUT2D eigenvalue weighted by Crippen LogP contribution is 2.35. The molecule has 0 aliphatic rings. The maximum absolute atomic E-state index is 12.5. The summed E-state index contributed by atoms with van der Waals surface area (Å²) in [6, 6.07) is -0.903. The summed E-state index contributed by atoms with van der Waals surface area (Å²) in [5.74, 6) is -0.224. The standard InChI is InChI=1S/C38H76NO6P/c1-3-5-7-9-11-13-15-16-17-18-19-20-21-22-24-26-28-30-32-34-38(41)39-36(35-45-46(42,43)44)37(40)33-31-29-27-25-23-14-12-10-8-6-4-2/h31,33,36-37,40H,3-30,32,34-35H2,1-2H3,(H,39,41)(H2,42,43,44)/b33-31+/t36-,37+/m0/s1. The van der Waals surface area contributed by atoms with Crippen LogP contribution >= 0.6 is 7.82 Å². The highest BCUT2D eigenvalue weighted by Gasteiger charge is 2.24. The summed E-state index contributed by atoms with van der Waals surface area (Å²) in [6.07, 6.45) is 39.5. The van der Waals surface area contributed by atoms with Crippen molar-refractivity contribution < 1.29 is 28.8 Å². The average molecular weight is 674 g/mol. The molecule has 0 spiro atoms. The summed E-state index contributed by atoms with van der Waals surface area (Å²) in [7, 11) is -4.70. The molecule has 0 aromatic rings. The van der Waals surface area contributed by atoms with Crippen LogP contribution in [0.1, 0.15) is 206 Å². The molecule has 274 valence electrons. The van der Waals surface area contributed by atoms with Crippen LogP contribution in [0.15, 0.2) is 12.2 Å². The summed E-state index contributed by atoms with van der Waals surface area (Å²) < 4.78 is 15.8. The van der Waals surface area contributed by atoms with Crippen LogP contribution in [0.2, 0.25) is 0 Å². The van der Waals surface area contributed by atoms with Gasteiger partial charge < -0.3 is 20.2 Å².